The predicted molar refractivity (Wildman–Crippen MR) is 78.0 cm³/mol. The molecular weight excluding hydrogens is 238 g/mol. The first-order valence-electron chi connectivity index (χ1n) is 6.68. The largest absolute Gasteiger partial charge is 0.355 e. The lowest BCUT2D eigenvalue weighted by atomic mass is 10.1. The molecule has 1 fully saturated rings. The Morgan fingerprint density at radius 2 is 1.74 bits per heavy atom. The highest BCUT2D eigenvalue weighted by molar-refractivity contribution is 6.04. The molecule has 19 heavy (non-hydrogen) atoms. The molecule has 1 saturated heterocycles. The number of piperazine rings is 1. The molecule has 0 atom stereocenters. The summed E-state index contributed by atoms with van der Waals surface area (Å²) in [5.74, 6) is 1.06. The third kappa shape index (κ3) is 1.92. The van der Waals surface area contributed by atoms with Crippen LogP contribution in [-0.4, -0.2) is 49.0 Å². The van der Waals surface area contributed by atoms with E-state index in [-0.39, 0.29) is 0 Å². The molecule has 0 amide bonds. The number of rotatable bonds is 2. The van der Waals surface area contributed by atoms with Crippen molar-refractivity contribution in [2.45, 2.75) is 0 Å². The molecule has 4 heteroatoms. The number of fused-ring (bicyclic) bond motifs is 1. The quantitative estimate of drug-likeness (QED) is 0.767. The molecule has 0 aliphatic carbocycles. The molecule has 4 nitrogen and oxygen atoms in total. The van der Waals surface area contributed by atoms with Crippen LogP contribution in [0.5, 0.6) is 0 Å². The minimum atomic E-state index is 0.822. The smallest absolute Gasteiger partial charge is 0.154 e. The van der Waals surface area contributed by atoms with Gasteiger partial charge in [0, 0.05) is 38.6 Å². The first-order chi connectivity index (χ1) is 9.22. The lowest BCUT2D eigenvalue weighted by molar-refractivity contribution is 0.112. The standard InChI is InChI=1S/C15H19N3O/c1-16-7-9-18(10-8-16)15-13(11-19)12-5-3-4-6-14(12)17(15)2/h3-6,11H,7-10H2,1-2H3. The number of benzene rings is 1. The number of aromatic nitrogens is 1. The number of nitrogens with zero attached hydrogens (tertiary/aromatic N) is 3. The lowest BCUT2D eigenvalue weighted by Crippen LogP contribution is -2.45. The molecule has 100 valence electrons. The summed E-state index contributed by atoms with van der Waals surface area (Å²) in [5, 5.41) is 1.05. The van der Waals surface area contributed by atoms with Gasteiger partial charge < -0.3 is 14.4 Å². The second-order valence-corrected chi connectivity index (χ2v) is 5.22. The van der Waals surface area contributed by atoms with Crippen LogP contribution in [-0.2, 0) is 7.05 Å². The van der Waals surface area contributed by atoms with E-state index in [1.54, 1.807) is 0 Å². The van der Waals surface area contributed by atoms with Crippen LogP contribution in [0.25, 0.3) is 10.9 Å². The zero-order valence-corrected chi connectivity index (χ0v) is 11.5. The van der Waals surface area contributed by atoms with Crippen molar-refractivity contribution in [1.82, 2.24) is 9.47 Å². The molecule has 1 aromatic carbocycles. The van der Waals surface area contributed by atoms with Crippen LogP contribution >= 0.6 is 0 Å². The van der Waals surface area contributed by atoms with Crippen LogP contribution in [0.3, 0.4) is 0 Å². The monoisotopic (exact) mass is 257 g/mol. The van der Waals surface area contributed by atoms with E-state index in [9.17, 15) is 4.79 Å². The molecule has 1 aliphatic heterocycles. The van der Waals surface area contributed by atoms with Crippen LogP contribution in [0.15, 0.2) is 24.3 Å². The summed E-state index contributed by atoms with van der Waals surface area (Å²) in [6.07, 6.45) is 0.996. The average molecular weight is 257 g/mol. The van der Waals surface area contributed by atoms with E-state index in [0.717, 1.165) is 54.7 Å². The van der Waals surface area contributed by atoms with Crippen LogP contribution in [0, 0.1) is 0 Å². The Hall–Kier alpha value is -1.81. The third-order valence-corrected chi connectivity index (χ3v) is 4.03. The summed E-state index contributed by atoms with van der Waals surface area (Å²) in [6, 6.07) is 8.11. The maximum atomic E-state index is 11.5. The number of anilines is 1. The molecule has 2 heterocycles. The van der Waals surface area contributed by atoms with Gasteiger partial charge in [-0.05, 0) is 13.1 Å². The number of aldehydes is 1. The molecular formula is C15H19N3O. The summed E-state index contributed by atoms with van der Waals surface area (Å²) in [7, 11) is 4.18. The number of likely N-dealkylation sites (N-methyl/N-ethyl adjacent to an activating group) is 1. The van der Waals surface area contributed by atoms with Crippen molar-refractivity contribution in [2.75, 3.05) is 38.1 Å². The molecule has 2 aromatic rings. The zero-order chi connectivity index (χ0) is 13.4. The van der Waals surface area contributed by atoms with Gasteiger partial charge in [0.25, 0.3) is 0 Å². The normalized spacial score (nSPS) is 17.1. The van der Waals surface area contributed by atoms with Gasteiger partial charge in [-0.25, -0.2) is 0 Å². The van der Waals surface area contributed by atoms with Crippen molar-refractivity contribution in [3.05, 3.63) is 29.8 Å². The second kappa shape index (κ2) is 4.70. The Balaban J connectivity index is 2.12. The first kappa shape index (κ1) is 12.2. The fourth-order valence-electron chi connectivity index (χ4n) is 2.93. The third-order valence-electron chi connectivity index (χ3n) is 4.03. The highest BCUT2D eigenvalue weighted by Crippen LogP contribution is 2.31. The number of para-hydroxylation sites is 1. The van der Waals surface area contributed by atoms with E-state index in [0.29, 0.717) is 0 Å². The Morgan fingerprint density at radius 3 is 2.42 bits per heavy atom. The van der Waals surface area contributed by atoms with Gasteiger partial charge in [0.2, 0.25) is 0 Å². The van der Waals surface area contributed by atoms with Gasteiger partial charge in [-0.1, -0.05) is 18.2 Å². The predicted octanol–water partition coefficient (Wildman–Crippen LogP) is 1.74. The van der Waals surface area contributed by atoms with E-state index in [1.807, 2.05) is 25.2 Å². The van der Waals surface area contributed by atoms with E-state index in [1.165, 1.54) is 0 Å². The summed E-state index contributed by atoms with van der Waals surface area (Å²) >= 11 is 0. The van der Waals surface area contributed by atoms with Gasteiger partial charge in [-0.3, -0.25) is 4.79 Å². The molecule has 0 N–H and O–H groups in total. The Morgan fingerprint density at radius 1 is 1.05 bits per heavy atom. The average Bonchev–Trinajstić information content (AvgIpc) is 2.73. The van der Waals surface area contributed by atoms with E-state index >= 15 is 0 Å². The van der Waals surface area contributed by atoms with Gasteiger partial charge >= 0.3 is 0 Å². The minimum Gasteiger partial charge on any atom is -0.355 e. The van der Waals surface area contributed by atoms with Gasteiger partial charge in [-0.15, -0.1) is 0 Å². The topological polar surface area (TPSA) is 28.5 Å². The van der Waals surface area contributed by atoms with E-state index < -0.39 is 0 Å². The van der Waals surface area contributed by atoms with E-state index in [4.69, 9.17) is 0 Å². The Labute approximate surface area is 113 Å². The SMILES string of the molecule is CN1CCN(c2c(C=O)c3ccccc3n2C)CC1. The van der Waals surface area contributed by atoms with Gasteiger partial charge in [0.05, 0.1) is 11.1 Å². The number of hydrogen-bond donors (Lipinski definition) is 0. The van der Waals surface area contributed by atoms with Crippen LogP contribution in [0.4, 0.5) is 5.82 Å². The minimum absolute atomic E-state index is 0.822. The summed E-state index contributed by atoms with van der Waals surface area (Å²) in [4.78, 5) is 16.2. The van der Waals surface area contributed by atoms with Crippen molar-refractivity contribution in [2.24, 2.45) is 7.05 Å². The molecule has 3 rings (SSSR count). The van der Waals surface area contributed by atoms with Crippen molar-refractivity contribution in [1.29, 1.82) is 0 Å². The molecule has 0 spiro atoms. The molecule has 0 saturated carbocycles. The zero-order valence-electron chi connectivity index (χ0n) is 11.5. The number of hydrogen-bond acceptors (Lipinski definition) is 3. The van der Waals surface area contributed by atoms with E-state index in [2.05, 4.69) is 27.5 Å². The Bertz CT molecular complexity index is 609. The number of carbonyl (C=O) groups is 1. The first-order valence-corrected chi connectivity index (χ1v) is 6.68. The summed E-state index contributed by atoms with van der Waals surface area (Å²) in [5.41, 5.74) is 1.95. The van der Waals surface area contributed by atoms with Crippen LogP contribution in [0.2, 0.25) is 0 Å². The number of aryl methyl sites for hydroxylation is 1. The highest BCUT2D eigenvalue weighted by atomic mass is 16.1. The number of carbonyl (C=O) groups excluding carboxylic acids is 1. The maximum absolute atomic E-state index is 11.5. The van der Waals surface area contributed by atoms with Crippen molar-refractivity contribution >= 4 is 23.0 Å². The van der Waals surface area contributed by atoms with Crippen LogP contribution < -0.4 is 4.90 Å². The second-order valence-electron chi connectivity index (χ2n) is 5.22. The maximum Gasteiger partial charge on any atom is 0.154 e. The summed E-state index contributed by atoms with van der Waals surface area (Å²) < 4.78 is 2.14. The molecule has 0 radical (unpaired) electrons. The van der Waals surface area contributed by atoms with Gasteiger partial charge in [0.15, 0.2) is 6.29 Å². The fraction of sp³-hybridized carbons (Fsp3) is 0.400. The highest BCUT2D eigenvalue weighted by Gasteiger charge is 2.22. The van der Waals surface area contributed by atoms with Gasteiger partial charge in [-0.2, -0.15) is 0 Å². The van der Waals surface area contributed by atoms with Crippen LogP contribution in [0.1, 0.15) is 10.4 Å². The fourth-order valence-corrected chi connectivity index (χ4v) is 2.93. The Kier molecular flexibility index (Phi) is 3.03. The lowest BCUT2D eigenvalue weighted by Gasteiger charge is -2.34. The molecule has 1 aromatic heterocycles. The van der Waals surface area contributed by atoms with Crippen molar-refractivity contribution < 1.29 is 4.79 Å². The van der Waals surface area contributed by atoms with Crippen molar-refractivity contribution in [3.63, 3.8) is 0 Å². The molecule has 0 unspecified atom stereocenters. The molecule has 1 aliphatic rings. The molecule has 0 bridgehead atoms. The van der Waals surface area contributed by atoms with Crippen molar-refractivity contribution in [3.8, 4) is 0 Å². The van der Waals surface area contributed by atoms with Gasteiger partial charge in [0.1, 0.15) is 5.82 Å². The summed E-state index contributed by atoms with van der Waals surface area (Å²) in [6.45, 7) is 4.03.